The molecule has 1 N–H and O–H groups in total. The summed E-state index contributed by atoms with van der Waals surface area (Å²) in [6.07, 6.45) is 0. The third-order valence-electron chi connectivity index (χ3n) is 1.32. The summed E-state index contributed by atoms with van der Waals surface area (Å²) < 4.78 is 0. The number of hydrogen-bond acceptors (Lipinski definition) is 3. The van der Waals surface area contributed by atoms with Crippen LogP contribution in [0.4, 0.5) is 0 Å². The molecule has 4 nitrogen and oxygen atoms in total. The van der Waals surface area contributed by atoms with Crippen LogP contribution < -0.4 is 5.32 Å². The number of nitroso groups, excluding NO2 is 1. The van der Waals surface area contributed by atoms with E-state index < -0.39 is 0 Å². The Bertz CT molecular complexity index is 180. The molecule has 0 radical (unpaired) electrons. The minimum absolute atomic E-state index is 0.120. The molecule has 0 atom stereocenters. The molecule has 0 spiro atoms. The zero-order valence-electron chi connectivity index (χ0n) is 5.92. The van der Waals surface area contributed by atoms with Crippen LogP contribution in [0.15, 0.2) is 5.29 Å². The van der Waals surface area contributed by atoms with Crippen LogP contribution in [0.5, 0.6) is 0 Å². The summed E-state index contributed by atoms with van der Waals surface area (Å²) in [6.45, 7) is 4.48. The van der Waals surface area contributed by atoms with E-state index in [0.29, 0.717) is 11.7 Å². The Morgan fingerprint density at radius 1 is 1.80 bits per heavy atom. The van der Waals surface area contributed by atoms with Gasteiger partial charge in [-0.3, -0.25) is 0 Å². The number of nitrogens with one attached hydrogen (secondary N) is 1. The minimum Gasteiger partial charge on any atom is -0.354 e. The van der Waals surface area contributed by atoms with Crippen molar-refractivity contribution in [3.05, 3.63) is 4.91 Å². The van der Waals surface area contributed by atoms with Crippen LogP contribution in [0.1, 0.15) is 13.8 Å². The third-order valence-corrected chi connectivity index (χ3v) is 1.64. The highest BCUT2D eigenvalue weighted by Crippen LogP contribution is 2.13. The van der Waals surface area contributed by atoms with Crippen LogP contribution in [-0.4, -0.2) is 22.2 Å². The van der Waals surface area contributed by atoms with E-state index in [-0.39, 0.29) is 5.54 Å². The molecule has 5 heteroatoms. The van der Waals surface area contributed by atoms with Crippen molar-refractivity contribution in [3.8, 4) is 0 Å². The average molecular weight is 159 g/mol. The lowest BCUT2D eigenvalue weighted by Gasteiger charge is -2.14. The Morgan fingerprint density at radius 3 is 2.60 bits per heavy atom. The molecule has 0 aliphatic carbocycles. The van der Waals surface area contributed by atoms with Crippen LogP contribution in [0.2, 0.25) is 0 Å². The van der Waals surface area contributed by atoms with Gasteiger partial charge in [0.25, 0.3) is 0 Å². The van der Waals surface area contributed by atoms with Gasteiger partial charge in [0.2, 0.25) is 0 Å². The van der Waals surface area contributed by atoms with E-state index in [0.717, 1.165) is 0 Å². The summed E-state index contributed by atoms with van der Waals surface area (Å²) in [5.74, 6) is 0. The highest BCUT2D eigenvalue weighted by atomic mass is 32.1. The number of thiocarbonyl (C=S) groups is 1. The quantitative estimate of drug-likeness (QED) is 0.450. The molecule has 0 unspecified atom stereocenters. The monoisotopic (exact) mass is 159 g/mol. The van der Waals surface area contributed by atoms with Gasteiger partial charge in [0.05, 0.1) is 17.4 Å². The first-order valence-electron chi connectivity index (χ1n) is 2.98. The number of nitrogens with zero attached hydrogens (tertiary/aromatic N) is 2. The van der Waals surface area contributed by atoms with Crippen LogP contribution in [0.3, 0.4) is 0 Å². The second kappa shape index (κ2) is 2.16. The second-order valence-electron chi connectivity index (χ2n) is 2.95. The summed E-state index contributed by atoms with van der Waals surface area (Å²) >= 11 is 4.81. The van der Waals surface area contributed by atoms with Crippen molar-refractivity contribution in [1.29, 1.82) is 0 Å². The molecule has 10 heavy (non-hydrogen) atoms. The lowest BCUT2D eigenvalue weighted by Crippen LogP contribution is -2.36. The molecule has 56 valence electrons. The average Bonchev–Trinajstić information content (AvgIpc) is 2.05. The van der Waals surface area contributed by atoms with Crippen LogP contribution in [-0.2, 0) is 0 Å². The van der Waals surface area contributed by atoms with Crippen LogP contribution in [0, 0.1) is 4.91 Å². The van der Waals surface area contributed by atoms with Crippen molar-refractivity contribution in [1.82, 2.24) is 10.3 Å². The Balaban J connectivity index is 2.70. The van der Waals surface area contributed by atoms with Crippen molar-refractivity contribution in [2.24, 2.45) is 5.29 Å². The maximum Gasteiger partial charge on any atom is 0.192 e. The van der Waals surface area contributed by atoms with Gasteiger partial charge in [0.15, 0.2) is 5.11 Å². The van der Waals surface area contributed by atoms with Crippen molar-refractivity contribution in [2.45, 2.75) is 19.4 Å². The molecule has 0 amide bonds. The van der Waals surface area contributed by atoms with E-state index in [1.807, 2.05) is 13.8 Å². The van der Waals surface area contributed by atoms with Gasteiger partial charge < -0.3 is 5.32 Å². The van der Waals surface area contributed by atoms with Crippen LogP contribution in [0.25, 0.3) is 0 Å². The molecule has 0 aromatic carbocycles. The zero-order chi connectivity index (χ0) is 7.78. The van der Waals surface area contributed by atoms with E-state index in [1.165, 1.54) is 5.01 Å². The van der Waals surface area contributed by atoms with Gasteiger partial charge in [-0.1, -0.05) is 0 Å². The van der Waals surface area contributed by atoms with E-state index in [1.54, 1.807) is 0 Å². The Hall–Kier alpha value is -0.710. The van der Waals surface area contributed by atoms with Gasteiger partial charge in [-0.25, -0.2) is 5.01 Å². The van der Waals surface area contributed by atoms with Crippen LogP contribution >= 0.6 is 12.2 Å². The summed E-state index contributed by atoms with van der Waals surface area (Å²) in [4.78, 5) is 10.1. The maximum atomic E-state index is 10.1. The molecule has 1 fully saturated rings. The largest absolute Gasteiger partial charge is 0.354 e. The lowest BCUT2D eigenvalue weighted by atomic mass is 10.1. The zero-order valence-corrected chi connectivity index (χ0v) is 6.73. The SMILES string of the molecule is CC1(C)CN(N=O)C(=S)N1. The molecule has 1 rings (SSSR count). The summed E-state index contributed by atoms with van der Waals surface area (Å²) in [7, 11) is 0. The first-order chi connectivity index (χ1) is 4.55. The Kier molecular flexibility index (Phi) is 1.60. The van der Waals surface area contributed by atoms with Gasteiger partial charge in [0.1, 0.15) is 0 Å². The van der Waals surface area contributed by atoms with E-state index in [2.05, 4.69) is 10.6 Å². The molecule has 0 bridgehead atoms. The first-order valence-corrected chi connectivity index (χ1v) is 3.39. The van der Waals surface area contributed by atoms with Crippen molar-refractivity contribution in [3.63, 3.8) is 0 Å². The van der Waals surface area contributed by atoms with Gasteiger partial charge in [-0.15, -0.1) is 4.91 Å². The standard InChI is InChI=1S/C5H9N3OS/c1-5(2)3-8(7-9)4(10)6-5/h3H2,1-2H3,(H,6,10). The predicted molar refractivity (Wildman–Crippen MR) is 42.3 cm³/mol. The first kappa shape index (κ1) is 7.40. The maximum absolute atomic E-state index is 10.1. The smallest absolute Gasteiger partial charge is 0.192 e. The molecule has 1 aliphatic heterocycles. The highest BCUT2D eigenvalue weighted by molar-refractivity contribution is 7.80. The van der Waals surface area contributed by atoms with Crippen molar-refractivity contribution in [2.75, 3.05) is 6.54 Å². The Labute approximate surface area is 64.5 Å². The summed E-state index contributed by atoms with van der Waals surface area (Å²) in [6, 6.07) is 0. The van der Waals surface area contributed by atoms with Gasteiger partial charge in [-0.05, 0) is 26.1 Å². The Morgan fingerprint density at radius 2 is 2.40 bits per heavy atom. The molecule has 1 saturated heterocycles. The fourth-order valence-electron chi connectivity index (χ4n) is 0.906. The molecule has 0 aromatic heterocycles. The highest BCUT2D eigenvalue weighted by Gasteiger charge is 2.32. The third kappa shape index (κ3) is 1.23. The molecule has 0 saturated carbocycles. The summed E-state index contributed by atoms with van der Waals surface area (Å²) in [5.41, 5.74) is -0.120. The van der Waals surface area contributed by atoms with E-state index >= 15 is 0 Å². The normalized spacial score (nSPS) is 22.6. The lowest BCUT2D eigenvalue weighted by molar-refractivity contribution is 0.391. The predicted octanol–water partition coefficient (Wildman–Crippen LogP) is 0.637. The number of hydrogen-bond donors (Lipinski definition) is 1. The van der Waals surface area contributed by atoms with Gasteiger partial charge in [0, 0.05) is 0 Å². The molecule has 1 heterocycles. The fraction of sp³-hybridized carbons (Fsp3) is 0.800. The second-order valence-corrected chi connectivity index (χ2v) is 3.34. The topological polar surface area (TPSA) is 44.7 Å². The van der Waals surface area contributed by atoms with E-state index in [9.17, 15) is 4.91 Å². The summed E-state index contributed by atoms with van der Waals surface area (Å²) in [5, 5.41) is 7.36. The molecule has 1 aliphatic rings. The van der Waals surface area contributed by atoms with Gasteiger partial charge in [-0.2, -0.15) is 0 Å². The minimum atomic E-state index is -0.120. The number of rotatable bonds is 1. The van der Waals surface area contributed by atoms with Crippen molar-refractivity contribution >= 4 is 17.3 Å². The molecular formula is C5H9N3OS. The van der Waals surface area contributed by atoms with Crippen molar-refractivity contribution < 1.29 is 0 Å². The van der Waals surface area contributed by atoms with Gasteiger partial charge >= 0.3 is 0 Å². The fourth-order valence-corrected chi connectivity index (χ4v) is 1.28. The molecular weight excluding hydrogens is 150 g/mol. The molecule has 0 aromatic rings. The van der Waals surface area contributed by atoms with E-state index in [4.69, 9.17) is 12.2 Å².